The minimum Gasteiger partial charge on any atom is -0.275 e. The summed E-state index contributed by atoms with van der Waals surface area (Å²) >= 11 is 5.21. The smallest absolute Gasteiger partial charge is 0.275 e. The van der Waals surface area contributed by atoms with Crippen LogP contribution < -0.4 is 0 Å². The van der Waals surface area contributed by atoms with Crippen LogP contribution in [-0.2, 0) is 6.18 Å². The van der Waals surface area contributed by atoms with E-state index < -0.39 is 22.7 Å². The fourth-order valence-electron chi connectivity index (χ4n) is 1.54. The number of alkyl halides is 3. The number of aromatic amines is 1. The van der Waals surface area contributed by atoms with Crippen LogP contribution in [0.25, 0.3) is 11.3 Å². The molecule has 0 amide bonds. The average molecular weight is 275 g/mol. The maximum atomic E-state index is 12.7. The summed E-state index contributed by atoms with van der Waals surface area (Å²) in [5.74, 6) is 0. The van der Waals surface area contributed by atoms with Gasteiger partial charge in [-0.1, -0.05) is 30.3 Å². The molecule has 0 bridgehead atoms. The highest BCUT2D eigenvalue weighted by Gasteiger charge is 2.39. The first-order valence-electron chi connectivity index (χ1n) is 4.82. The Labute approximate surface area is 105 Å². The Bertz CT molecular complexity index is 578. The van der Waals surface area contributed by atoms with Crippen molar-refractivity contribution < 1.29 is 18.0 Å². The lowest BCUT2D eigenvalue weighted by molar-refractivity contribution is -0.141. The van der Waals surface area contributed by atoms with Gasteiger partial charge in [0.1, 0.15) is 5.69 Å². The summed E-state index contributed by atoms with van der Waals surface area (Å²) in [7, 11) is 0. The van der Waals surface area contributed by atoms with Crippen LogP contribution in [0, 0.1) is 0 Å². The average Bonchev–Trinajstić information content (AvgIpc) is 2.74. The third-order valence-corrected chi connectivity index (χ3v) is 2.48. The highest BCUT2D eigenvalue weighted by atomic mass is 35.5. The molecule has 0 saturated carbocycles. The molecule has 94 valence electrons. The molecule has 1 aromatic heterocycles. The minimum absolute atomic E-state index is 0.108. The number of hydrogen-bond acceptors (Lipinski definition) is 2. The largest absolute Gasteiger partial charge is 0.433 e. The maximum absolute atomic E-state index is 12.7. The van der Waals surface area contributed by atoms with E-state index in [9.17, 15) is 18.0 Å². The Hall–Kier alpha value is -1.82. The van der Waals surface area contributed by atoms with Gasteiger partial charge in [0, 0.05) is 5.56 Å². The van der Waals surface area contributed by atoms with Crippen LogP contribution in [0.1, 0.15) is 16.1 Å². The van der Waals surface area contributed by atoms with Crippen LogP contribution in [-0.4, -0.2) is 15.4 Å². The molecule has 2 aromatic rings. The number of nitrogens with one attached hydrogen (secondary N) is 1. The SMILES string of the molecule is O=C(Cl)c1c(-c2ccccc2)n[nH]c1C(F)(F)F. The Morgan fingerprint density at radius 3 is 2.33 bits per heavy atom. The standard InChI is InChI=1S/C11H6ClF3N2O/c12-10(18)7-8(6-4-2-1-3-5-6)16-17-9(7)11(13,14)15/h1-5H,(H,16,17). The van der Waals surface area contributed by atoms with E-state index in [2.05, 4.69) is 5.10 Å². The summed E-state index contributed by atoms with van der Waals surface area (Å²) < 4.78 is 38.0. The van der Waals surface area contributed by atoms with Gasteiger partial charge >= 0.3 is 6.18 Å². The van der Waals surface area contributed by atoms with Crippen LogP contribution >= 0.6 is 11.6 Å². The predicted octanol–water partition coefficient (Wildman–Crippen LogP) is 3.47. The molecular formula is C11H6ClF3N2O. The monoisotopic (exact) mass is 274 g/mol. The second-order valence-corrected chi connectivity index (χ2v) is 3.80. The number of H-pyrrole nitrogens is 1. The summed E-state index contributed by atoms with van der Waals surface area (Å²) in [6.07, 6.45) is -4.71. The molecule has 1 heterocycles. The van der Waals surface area contributed by atoms with Gasteiger partial charge in [0.15, 0.2) is 5.69 Å². The molecule has 2 rings (SSSR count). The number of benzene rings is 1. The van der Waals surface area contributed by atoms with Gasteiger partial charge in [0.05, 0.1) is 5.56 Å². The lowest BCUT2D eigenvalue weighted by Crippen LogP contribution is -2.10. The van der Waals surface area contributed by atoms with E-state index in [0.29, 0.717) is 5.56 Å². The molecule has 3 nitrogen and oxygen atoms in total. The van der Waals surface area contributed by atoms with Crippen molar-refractivity contribution in [3.8, 4) is 11.3 Å². The molecule has 1 aromatic carbocycles. The first-order valence-corrected chi connectivity index (χ1v) is 5.20. The van der Waals surface area contributed by atoms with Crippen molar-refractivity contribution >= 4 is 16.8 Å². The number of carbonyl (C=O) groups excluding carboxylic acids is 1. The Kier molecular flexibility index (Phi) is 3.13. The summed E-state index contributed by atoms with van der Waals surface area (Å²) in [5, 5.41) is 4.14. The maximum Gasteiger partial charge on any atom is 0.433 e. The molecule has 0 atom stereocenters. The van der Waals surface area contributed by atoms with Gasteiger partial charge in [-0.25, -0.2) is 0 Å². The molecule has 0 saturated heterocycles. The minimum atomic E-state index is -4.71. The second kappa shape index (κ2) is 4.45. The van der Waals surface area contributed by atoms with E-state index >= 15 is 0 Å². The van der Waals surface area contributed by atoms with Crippen molar-refractivity contribution in [3.63, 3.8) is 0 Å². The summed E-state index contributed by atoms with van der Waals surface area (Å²) in [4.78, 5) is 11.2. The third-order valence-electron chi connectivity index (χ3n) is 2.29. The van der Waals surface area contributed by atoms with Crippen molar-refractivity contribution in [2.24, 2.45) is 0 Å². The molecule has 0 aliphatic heterocycles. The van der Waals surface area contributed by atoms with Crippen LogP contribution in [0.5, 0.6) is 0 Å². The molecule has 0 spiro atoms. The van der Waals surface area contributed by atoms with E-state index in [-0.39, 0.29) is 5.69 Å². The molecule has 1 N–H and O–H groups in total. The van der Waals surface area contributed by atoms with Gasteiger partial charge in [-0.3, -0.25) is 9.89 Å². The Balaban J connectivity index is 2.64. The molecule has 0 aliphatic rings. The van der Waals surface area contributed by atoms with Crippen LogP contribution in [0.15, 0.2) is 30.3 Å². The van der Waals surface area contributed by atoms with Crippen molar-refractivity contribution in [1.29, 1.82) is 0 Å². The van der Waals surface area contributed by atoms with Crippen LogP contribution in [0.2, 0.25) is 0 Å². The molecule has 7 heteroatoms. The van der Waals surface area contributed by atoms with E-state index in [0.717, 1.165) is 0 Å². The van der Waals surface area contributed by atoms with Crippen molar-refractivity contribution in [2.75, 3.05) is 0 Å². The number of rotatable bonds is 2. The zero-order chi connectivity index (χ0) is 13.3. The highest BCUT2D eigenvalue weighted by molar-refractivity contribution is 6.68. The first kappa shape index (κ1) is 12.6. The molecular weight excluding hydrogens is 269 g/mol. The molecule has 0 radical (unpaired) electrons. The van der Waals surface area contributed by atoms with Gasteiger partial charge < -0.3 is 0 Å². The van der Waals surface area contributed by atoms with Crippen molar-refractivity contribution in [2.45, 2.75) is 6.18 Å². The Morgan fingerprint density at radius 1 is 1.22 bits per heavy atom. The van der Waals surface area contributed by atoms with Gasteiger partial charge in [-0.2, -0.15) is 18.3 Å². The predicted molar refractivity (Wildman–Crippen MR) is 59.2 cm³/mol. The number of aromatic nitrogens is 2. The number of carbonyl (C=O) groups is 1. The first-order chi connectivity index (χ1) is 8.41. The molecule has 0 unspecified atom stereocenters. The van der Waals surface area contributed by atoms with Crippen molar-refractivity contribution in [1.82, 2.24) is 10.2 Å². The van der Waals surface area contributed by atoms with E-state index in [1.54, 1.807) is 30.3 Å². The van der Waals surface area contributed by atoms with Crippen molar-refractivity contribution in [3.05, 3.63) is 41.6 Å². The third kappa shape index (κ3) is 2.24. The van der Waals surface area contributed by atoms with Gasteiger partial charge in [0.2, 0.25) is 0 Å². The van der Waals surface area contributed by atoms with Gasteiger partial charge in [-0.05, 0) is 11.6 Å². The number of hydrogen-bond donors (Lipinski definition) is 1. The highest BCUT2D eigenvalue weighted by Crippen LogP contribution is 2.35. The topological polar surface area (TPSA) is 45.8 Å². The summed E-state index contributed by atoms with van der Waals surface area (Å²) in [6, 6.07) is 8.03. The molecule has 0 fully saturated rings. The quantitative estimate of drug-likeness (QED) is 0.852. The van der Waals surface area contributed by atoms with Crippen LogP contribution in [0.4, 0.5) is 13.2 Å². The molecule has 18 heavy (non-hydrogen) atoms. The van der Waals surface area contributed by atoms with Gasteiger partial charge in [0.25, 0.3) is 5.24 Å². The number of nitrogens with zero attached hydrogens (tertiary/aromatic N) is 1. The molecule has 0 aliphatic carbocycles. The van der Waals surface area contributed by atoms with E-state index in [1.165, 1.54) is 0 Å². The lowest BCUT2D eigenvalue weighted by atomic mass is 10.1. The summed E-state index contributed by atoms with van der Waals surface area (Å²) in [6.45, 7) is 0. The van der Waals surface area contributed by atoms with Gasteiger partial charge in [-0.15, -0.1) is 0 Å². The zero-order valence-corrected chi connectivity index (χ0v) is 9.51. The normalized spacial score (nSPS) is 11.6. The zero-order valence-electron chi connectivity index (χ0n) is 8.75. The fourth-order valence-corrected chi connectivity index (χ4v) is 1.73. The summed E-state index contributed by atoms with van der Waals surface area (Å²) in [5.41, 5.74) is -1.62. The second-order valence-electron chi connectivity index (χ2n) is 3.46. The lowest BCUT2D eigenvalue weighted by Gasteiger charge is -2.05. The fraction of sp³-hybridized carbons (Fsp3) is 0.0909. The van der Waals surface area contributed by atoms with E-state index in [4.69, 9.17) is 11.6 Å². The van der Waals surface area contributed by atoms with Crippen LogP contribution in [0.3, 0.4) is 0 Å². The number of halogens is 4. The Morgan fingerprint density at radius 2 is 1.83 bits per heavy atom. The van der Waals surface area contributed by atoms with E-state index in [1.807, 2.05) is 5.10 Å².